The molecule has 0 spiro atoms. The average Bonchev–Trinajstić information content (AvgIpc) is 3.22. The number of carbonyl (C=O) groups excluding carboxylic acids is 2. The van der Waals surface area contributed by atoms with Crippen molar-refractivity contribution in [1.82, 2.24) is 4.90 Å². The smallest absolute Gasteiger partial charge is 0.416 e. The van der Waals surface area contributed by atoms with E-state index in [2.05, 4.69) is 0 Å². The van der Waals surface area contributed by atoms with Crippen LogP contribution in [0.25, 0.3) is 0 Å². The van der Waals surface area contributed by atoms with E-state index in [1.807, 2.05) is 30.3 Å². The topological polar surface area (TPSA) is 65.1 Å². The zero-order chi connectivity index (χ0) is 17.2. The van der Waals surface area contributed by atoms with E-state index in [-0.39, 0.29) is 31.8 Å². The zero-order valence-electron chi connectivity index (χ0n) is 13.5. The molecule has 25 heavy (non-hydrogen) atoms. The molecule has 2 heterocycles. The first-order valence-electron chi connectivity index (χ1n) is 8.12. The summed E-state index contributed by atoms with van der Waals surface area (Å²) in [4.78, 5) is 25.9. The lowest BCUT2D eigenvalue weighted by Gasteiger charge is -2.19. The van der Waals surface area contributed by atoms with Crippen LogP contribution >= 0.6 is 0 Å². The molecule has 4 rings (SSSR count). The summed E-state index contributed by atoms with van der Waals surface area (Å²) in [5.74, 6) is 1.01. The molecule has 0 aliphatic carbocycles. The molecule has 2 aromatic carbocycles. The first-order chi connectivity index (χ1) is 12.2. The van der Waals surface area contributed by atoms with Crippen LogP contribution in [0.3, 0.4) is 0 Å². The second-order valence-electron chi connectivity index (χ2n) is 6.05. The van der Waals surface area contributed by atoms with Crippen molar-refractivity contribution in [2.24, 2.45) is 0 Å². The maximum absolute atomic E-state index is 12.7. The van der Waals surface area contributed by atoms with Gasteiger partial charge in [0.05, 0.1) is 12.5 Å². The van der Waals surface area contributed by atoms with E-state index in [4.69, 9.17) is 14.2 Å². The van der Waals surface area contributed by atoms with Crippen LogP contribution in [-0.2, 0) is 22.4 Å². The van der Waals surface area contributed by atoms with Gasteiger partial charge < -0.3 is 14.2 Å². The number of amides is 2. The highest BCUT2D eigenvalue weighted by Crippen LogP contribution is 2.33. The molecule has 0 bridgehead atoms. The Bertz CT molecular complexity index is 805. The Labute approximate surface area is 144 Å². The van der Waals surface area contributed by atoms with Crippen LogP contribution in [0, 0.1) is 0 Å². The van der Waals surface area contributed by atoms with Crippen LogP contribution in [-0.4, -0.2) is 36.3 Å². The Balaban J connectivity index is 1.48. The fourth-order valence-corrected chi connectivity index (χ4v) is 3.11. The summed E-state index contributed by atoms with van der Waals surface area (Å²) < 4.78 is 15.7. The van der Waals surface area contributed by atoms with Crippen molar-refractivity contribution in [2.45, 2.75) is 18.9 Å². The minimum absolute atomic E-state index is 0.108. The lowest BCUT2D eigenvalue weighted by molar-refractivity contribution is -0.128. The van der Waals surface area contributed by atoms with E-state index < -0.39 is 6.09 Å². The molecule has 2 aromatic rings. The summed E-state index contributed by atoms with van der Waals surface area (Å²) in [6, 6.07) is 14.8. The molecule has 1 saturated heterocycles. The number of rotatable bonds is 4. The number of hydrogen-bond donors (Lipinski definition) is 0. The molecule has 6 nitrogen and oxygen atoms in total. The predicted octanol–water partition coefficient (Wildman–Crippen LogP) is 2.55. The number of nitrogens with zero attached hydrogens (tertiary/aromatic N) is 1. The van der Waals surface area contributed by atoms with Gasteiger partial charge in [-0.05, 0) is 29.7 Å². The third-order valence-electron chi connectivity index (χ3n) is 4.34. The summed E-state index contributed by atoms with van der Waals surface area (Å²) in [6.45, 7) is 0.408. The molecular formula is C19H17NO5. The van der Waals surface area contributed by atoms with Gasteiger partial charge in [0.2, 0.25) is 12.7 Å². The van der Waals surface area contributed by atoms with E-state index in [9.17, 15) is 9.59 Å². The molecule has 2 aliphatic rings. The Kier molecular flexibility index (Phi) is 4.01. The van der Waals surface area contributed by atoms with Crippen LogP contribution in [0.15, 0.2) is 48.5 Å². The molecular weight excluding hydrogens is 322 g/mol. The number of cyclic esters (lactones) is 1. The van der Waals surface area contributed by atoms with Crippen molar-refractivity contribution in [3.63, 3.8) is 0 Å². The number of fused-ring (bicyclic) bond motifs is 1. The van der Waals surface area contributed by atoms with Gasteiger partial charge in [-0.15, -0.1) is 0 Å². The number of hydrogen-bond acceptors (Lipinski definition) is 5. The quantitative estimate of drug-likeness (QED) is 0.856. The second-order valence-corrected chi connectivity index (χ2v) is 6.05. The van der Waals surface area contributed by atoms with Crippen molar-refractivity contribution >= 4 is 12.0 Å². The number of ether oxygens (including phenoxy) is 3. The molecule has 0 N–H and O–H groups in total. The standard InChI is InChI=1S/C19H17NO5/c21-18(10-14-6-7-16-17(9-14)25-12-24-16)20-15(11-23-19(20)22)8-13-4-2-1-3-5-13/h1-7,9,15H,8,10-12H2/t15-/m0/s1. The minimum Gasteiger partial charge on any atom is -0.454 e. The van der Waals surface area contributed by atoms with E-state index in [0.29, 0.717) is 17.9 Å². The maximum atomic E-state index is 12.7. The molecule has 1 fully saturated rings. The third-order valence-corrected chi connectivity index (χ3v) is 4.34. The van der Waals surface area contributed by atoms with Crippen LogP contribution in [0.4, 0.5) is 4.79 Å². The van der Waals surface area contributed by atoms with Gasteiger partial charge in [-0.2, -0.15) is 0 Å². The van der Waals surface area contributed by atoms with Gasteiger partial charge in [0.25, 0.3) is 0 Å². The summed E-state index contributed by atoms with van der Waals surface area (Å²) in [7, 11) is 0. The first-order valence-corrected chi connectivity index (χ1v) is 8.12. The first kappa shape index (κ1) is 15.5. The zero-order valence-corrected chi connectivity index (χ0v) is 13.5. The van der Waals surface area contributed by atoms with Gasteiger partial charge in [-0.25, -0.2) is 9.69 Å². The van der Waals surface area contributed by atoms with Gasteiger partial charge >= 0.3 is 6.09 Å². The highest BCUT2D eigenvalue weighted by Gasteiger charge is 2.37. The lowest BCUT2D eigenvalue weighted by Crippen LogP contribution is -2.41. The lowest BCUT2D eigenvalue weighted by atomic mass is 10.0. The van der Waals surface area contributed by atoms with Crippen molar-refractivity contribution in [2.75, 3.05) is 13.4 Å². The van der Waals surface area contributed by atoms with Crippen molar-refractivity contribution in [3.8, 4) is 11.5 Å². The fourth-order valence-electron chi connectivity index (χ4n) is 3.11. The minimum atomic E-state index is -0.577. The second kappa shape index (κ2) is 6.47. The molecule has 0 saturated carbocycles. The highest BCUT2D eigenvalue weighted by atomic mass is 16.7. The summed E-state index contributed by atoms with van der Waals surface area (Å²) in [6.07, 6.45) is 0.114. The fraction of sp³-hybridized carbons (Fsp3) is 0.263. The molecule has 0 aromatic heterocycles. The van der Waals surface area contributed by atoms with Gasteiger partial charge in [0.1, 0.15) is 6.61 Å². The SMILES string of the molecule is O=C(Cc1ccc2c(c1)OCO2)N1C(=O)OC[C@@H]1Cc1ccccc1. The van der Waals surface area contributed by atoms with E-state index in [0.717, 1.165) is 11.1 Å². The highest BCUT2D eigenvalue weighted by molar-refractivity contribution is 5.94. The predicted molar refractivity (Wildman–Crippen MR) is 88.4 cm³/mol. The average molecular weight is 339 g/mol. The van der Waals surface area contributed by atoms with Gasteiger partial charge in [-0.3, -0.25) is 4.79 Å². The Hall–Kier alpha value is -3.02. The van der Waals surface area contributed by atoms with E-state index in [1.165, 1.54) is 4.90 Å². The van der Waals surface area contributed by atoms with Crippen molar-refractivity contribution < 1.29 is 23.8 Å². The number of benzene rings is 2. The van der Waals surface area contributed by atoms with Crippen molar-refractivity contribution in [1.29, 1.82) is 0 Å². The Morgan fingerprint density at radius 2 is 1.80 bits per heavy atom. The largest absolute Gasteiger partial charge is 0.454 e. The van der Waals surface area contributed by atoms with Crippen LogP contribution in [0.5, 0.6) is 11.5 Å². The molecule has 128 valence electrons. The monoisotopic (exact) mass is 339 g/mol. The van der Waals surface area contributed by atoms with Gasteiger partial charge in [0.15, 0.2) is 11.5 Å². The van der Waals surface area contributed by atoms with E-state index >= 15 is 0 Å². The summed E-state index contributed by atoms with van der Waals surface area (Å²) in [5.41, 5.74) is 1.83. The number of carbonyl (C=O) groups is 2. The molecule has 0 radical (unpaired) electrons. The molecule has 6 heteroatoms. The van der Waals surface area contributed by atoms with E-state index in [1.54, 1.807) is 18.2 Å². The Morgan fingerprint density at radius 1 is 1.00 bits per heavy atom. The molecule has 0 unspecified atom stereocenters. The summed E-state index contributed by atoms with van der Waals surface area (Å²) >= 11 is 0. The van der Waals surface area contributed by atoms with Gasteiger partial charge in [0, 0.05) is 0 Å². The number of imide groups is 1. The Morgan fingerprint density at radius 3 is 2.64 bits per heavy atom. The molecule has 1 atom stereocenters. The van der Waals surface area contributed by atoms with Crippen LogP contribution < -0.4 is 9.47 Å². The van der Waals surface area contributed by atoms with Crippen LogP contribution in [0.2, 0.25) is 0 Å². The summed E-state index contributed by atoms with van der Waals surface area (Å²) in [5, 5.41) is 0. The van der Waals surface area contributed by atoms with Crippen LogP contribution in [0.1, 0.15) is 11.1 Å². The normalized spacial score (nSPS) is 18.3. The molecule has 2 aliphatic heterocycles. The maximum Gasteiger partial charge on any atom is 0.416 e. The molecule has 2 amide bonds. The van der Waals surface area contributed by atoms with Gasteiger partial charge in [-0.1, -0.05) is 36.4 Å². The van der Waals surface area contributed by atoms with Crippen molar-refractivity contribution in [3.05, 3.63) is 59.7 Å². The third kappa shape index (κ3) is 3.15.